The van der Waals surface area contributed by atoms with Crippen molar-refractivity contribution in [3.05, 3.63) is 52.1 Å². The van der Waals surface area contributed by atoms with Crippen LogP contribution in [0.5, 0.6) is 0 Å². The Labute approximate surface area is 169 Å². The zero-order chi connectivity index (χ0) is 20.5. The average Bonchev–Trinajstić information content (AvgIpc) is 3.15. The van der Waals surface area contributed by atoms with Gasteiger partial charge in [0, 0.05) is 17.5 Å². The Morgan fingerprint density at radius 1 is 1.24 bits per heavy atom. The van der Waals surface area contributed by atoms with Crippen molar-refractivity contribution in [3.63, 3.8) is 0 Å². The number of benzene rings is 1. The fourth-order valence-electron chi connectivity index (χ4n) is 3.68. The lowest BCUT2D eigenvalue weighted by Gasteiger charge is -2.33. The maximum absolute atomic E-state index is 13.2. The summed E-state index contributed by atoms with van der Waals surface area (Å²) in [5.74, 6) is -1.23. The number of hydrogen-bond donors (Lipinski definition) is 1. The van der Waals surface area contributed by atoms with Crippen LogP contribution in [-0.2, 0) is 16.1 Å². The van der Waals surface area contributed by atoms with Gasteiger partial charge in [0.2, 0.25) is 11.8 Å². The van der Waals surface area contributed by atoms with Gasteiger partial charge in [-0.25, -0.2) is 9.37 Å². The van der Waals surface area contributed by atoms with Crippen LogP contribution < -0.4 is 11.3 Å². The molecule has 9 heteroatoms. The molecular formula is C20H19FN4O3S. The fourth-order valence-corrected chi connectivity index (χ4v) is 4.59. The number of carbonyl (C=O) groups excluding carboxylic acids is 2. The van der Waals surface area contributed by atoms with Gasteiger partial charge in [0.25, 0.3) is 5.56 Å². The molecule has 3 aromatic rings. The van der Waals surface area contributed by atoms with Crippen LogP contribution in [0.2, 0.25) is 0 Å². The molecule has 0 saturated carbocycles. The zero-order valence-electron chi connectivity index (χ0n) is 15.5. The van der Waals surface area contributed by atoms with Crippen LogP contribution >= 0.6 is 11.3 Å². The molecule has 150 valence electrons. The van der Waals surface area contributed by atoms with Gasteiger partial charge in [-0.05, 0) is 37.0 Å². The van der Waals surface area contributed by atoms with E-state index in [2.05, 4.69) is 4.98 Å². The summed E-state index contributed by atoms with van der Waals surface area (Å²) in [6.07, 6.45) is 3.50. The maximum Gasteiger partial charge on any atom is 0.263 e. The highest BCUT2D eigenvalue weighted by atomic mass is 32.1. The highest BCUT2D eigenvalue weighted by Gasteiger charge is 2.30. The number of aromatic nitrogens is 2. The summed E-state index contributed by atoms with van der Waals surface area (Å²) < 4.78 is 14.5. The van der Waals surface area contributed by atoms with Gasteiger partial charge in [0.15, 0.2) is 0 Å². The Morgan fingerprint density at radius 3 is 2.72 bits per heavy atom. The number of piperidine rings is 1. The third-order valence-corrected chi connectivity index (χ3v) is 6.06. The molecule has 2 N–H and O–H groups in total. The minimum Gasteiger partial charge on any atom is -0.368 e. The van der Waals surface area contributed by atoms with E-state index in [4.69, 9.17) is 5.73 Å². The third-order valence-electron chi connectivity index (χ3n) is 5.17. The number of nitrogens with two attached hydrogens (primary N) is 1. The lowest BCUT2D eigenvalue weighted by molar-refractivity contribution is -0.141. The number of amides is 2. The largest absolute Gasteiger partial charge is 0.368 e. The molecule has 2 amide bonds. The second kappa shape index (κ2) is 7.75. The van der Waals surface area contributed by atoms with Crippen LogP contribution in [0, 0.1) is 5.82 Å². The molecule has 1 aliphatic rings. The molecule has 0 radical (unpaired) electrons. The van der Waals surface area contributed by atoms with E-state index >= 15 is 0 Å². The standard InChI is InChI=1S/C20H19FN4O3S/c21-13-6-4-12(5-7-13)14-10-29-19-17(14)20(28)24(11-23-19)9-16(26)25-8-2-1-3-15(25)18(22)27/h4-7,10-11,15H,1-3,8-9H2,(H2,22,27). The number of primary amides is 1. The molecule has 1 fully saturated rings. The molecule has 7 nitrogen and oxygen atoms in total. The molecule has 1 atom stereocenters. The van der Waals surface area contributed by atoms with Crippen molar-refractivity contribution in [1.82, 2.24) is 14.5 Å². The first-order chi connectivity index (χ1) is 14.0. The van der Waals surface area contributed by atoms with Gasteiger partial charge in [0.05, 0.1) is 11.7 Å². The van der Waals surface area contributed by atoms with E-state index in [0.29, 0.717) is 34.3 Å². The predicted molar refractivity (Wildman–Crippen MR) is 108 cm³/mol. The minimum absolute atomic E-state index is 0.218. The molecule has 1 aliphatic heterocycles. The van der Waals surface area contributed by atoms with Crippen LogP contribution in [0.1, 0.15) is 19.3 Å². The van der Waals surface area contributed by atoms with E-state index in [9.17, 15) is 18.8 Å². The van der Waals surface area contributed by atoms with Crippen LogP contribution in [-0.4, -0.2) is 38.9 Å². The Bertz CT molecular complexity index is 1140. The maximum atomic E-state index is 13.2. The van der Waals surface area contributed by atoms with Crippen molar-refractivity contribution in [2.24, 2.45) is 5.73 Å². The summed E-state index contributed by atoms with van der Waals surface area (Å²) in [7, 11) is 0. The summed E-state index contributed by atoms with van der Waals surface area (Å²) in [6, 6.07) is 5.22. The van der Waals surface area contributed by atoms with Gasteiger partial charge in [-0.3, -0.25) is 19.0 Å². The number of likely N-dealkylation sites (tertiary alicyclic amines) is 1. The fraction of sp³-hybridized carbons (Fsp3) is 0.300. The molecule has 4 rings (SSSR count). The first-order valence-electron chi connectivity index (χ1n) is 9.27. The summed E-state index contributed by atoms with van der Waals surface area (Å²) in [5, 5.41) is 2.19. The minimum atomic E-state index is -0.639. The van der Waals surface area contributed by atoms with E-state index in [-0.39, 0.29) is 23.8 Å². The molecule has 29 heavy (non-hydrogen) atoms. The van der Waals surface area contributed by atoms with Crippen LogP contribution in [0.25, 0.3) is 21.3 Å². The summed E-state index contributed by atoms with van der Waals surface area (Å²) >= 11 is 1.31. The zero-order valence-corrected chi connectivity index (χ0v) is 16.3. The Hall–Kier alpha value is -3.07. The van der Waals surface area contributed by atoms with Crippen LogP contribution in [0.15, 0.2) is 40.8 Å². The molecular weight excluding hydrogens is 395 g/mol. The van der Waals surface area contributed by atoms with E-state index < -0.39 is 11.9 Å². The lowest BCUT2D eigenvalue weighted by Crippen LogP contribution is -2.51. The van der Waals surface area contributed by atoms with Crippen LogP contribution in [0.3, 0.4) is 0 Å². The molecule has 0 spiro atoms. The van der Waals surface area contributed by atoms with Crippen molar-refractivity contribution in [1.29, 1.82) is 0 Å². The second-order valence-corrected chi connectivity index (χ2v) is 7.87. The number of nitrogens with zero attached hydrogens (tertiary/aromatic N) is 3. The Morgan fingerprint density at radius 2 is 2.00 bits per heavy atom. The number of hydrogen-bond acceptors (Lipinski definition) is 5. The van der Waals surface area contributed by atoms with Gasteiger partial charge in [-0.15, -0.1) is 11.3 Å². The second-order valence-electron chi connectivity index (χ2n) is 7.02. The Kier molecular flexibility index (Phi) is 5.14. The van der Waals surface area contributed by atoms with Crippen molar-refractivity contribution >= 4 is 33.4 Å². The van der Waals surface area contributed by atoms with Crippen LogP contribution in [0.4, 0.5) is 4.39 Å². The highest BCUT2D eigenvalue weighted by molar-refractivity contribution is 7.17. The summed E-state index contributed by atoms with van der Waals surface area (Å²) in [5.41, 5.74) is 6.43. The third kappa shape index (κ3) is 3.65. The molecule has 3 heterocycles. The molecule has 1 aromatic carbocycles. The topological polar surface area (TPSA) is 98.3 Å². The van der Waals surface area contributed by atoms with Gasteiger partial charge in [-0.1, -0.05) is 12.1 Å². The first kappa shape index (κ1) is 19.3. The Balaban J connectivity index is 1.68. The summed E-state index contributed by atoms with van der Waals surface area (Å²) in [6.45, 7) is 0.223. The lowest BCUT2D eigenvalue weighted by atomic mass is 10.0. The van der Waals surface area contributed by atoms with Crippen molar-refractivity contribution in [3.8, 4) is 11.1 Å². The smallest absolute Gasteiger partial charge is 0.263 e. The van der Waals surface area contributed by atoms with Gasteiger partial charge < -0.3 is 10.6 Å². The molecule has 2 aromatic heterocycles. The van der Waals surface area contributed by atoms with Gasteiger partial charge in [0.1, 0.15) is 23.2 Å². The van der Waals surface area contributed by atoms with E-state index in [1.54, 1.807) is 17.5 Å². The first-order valence-corrected chi connectivity index (χ1v) is 10.1. The predicted octanol–water partition coefficient (Wildman–Crippen LogP) is 2.13. The average molecular weight is 414 g/mol. The van der Waals surface area contributed by atoms with Gasteiger partial charge >= 0.3 is 0 Å². The van der Waals surface area contributed by atoms with Crippen molar-refractivity contribution in [2.45, 2.75) is 31.8 Å². The quantitative estimate of drug-likeness (QED) is 0.707. The number of halogens is 1. The SMILES string of the molecule is NC(=O)C1CCCCN1C(=O)Cn1cnc2scc(-c3ccc(F)cc3)c2c1=O. The normalized spacial score (nSPS) is 16.9. The van der Waals surface area contributed by atoms with Crippen molar-refractivity contribution in [2.75, 3.05) is 6.54 Å². The van der Waals surface area contributed by atoms with E-state index in [0.717, 1.165) is 12.8 Å². The monoisotopic (exact) mass is 414 g/mol. The van der Waals surface area contributed by atoms with Gasteiger partial charge in [-0.2, -0.15) is 0 Å². The summed E-state index contributed by atoms with van der Waals surface area (Å²) in [4.78, 5) is 43.9. The highest BCUT2D eigenvalue weighted by Crippen LogP contribution is 2.30. The molecule has 0 bridgehead atoms. The van der Waals surface area contributed by atoms with E-state index in [1.165, 1.54) is 39.3 Å². The number of fused-ring (bicyclic) bond motifs is 1. The molecule has 1 saturated heterocycles. The molecule has 1 unspecified atom stereocenters. The number of thiophene rings is 1. The van der Waals surface area contributed by atoms with Crippen molar-refractivity contribution < 1.29 is 14.0 Å². The van der Waals surface area contributed by atoms with E-state index in [1.807, 2.05) is 0 Å². The molecule has 0 aliphatic carbocycles. The number of rotatable bonds is 4. The number of carbonyl (C=O) groups is 2.